The van der Waals surface area contributed by atoms with Crippen molar-refractivity contribution < 1.29 is 4.79 Å². The largest absolute Gasteiger partial charge is 0.380 e. The maximum atomic E-state index is 11.3. The number of hydrogen-bond acceptors (Lipinski definition) is 2. The minimum absolute atomic E-state index is 0.165. The fraction of sp³-hybridized carbons (Fsp3) is 0.562. The Morgan fingerprint density at radius 2 is 2.11 bits per heavy atom. The van der Waals surface area contributed by atoms with Gasteiger partial charge in [-0.3, -0.25) is 4.79 Å². The highest BCUT2D eigenvalue weighted by Crippen LogP contribution is 2.25. The van der Waals surface area contributed by atoms with Gasteiger partial charge in [0.15, 0.2) is 0 Å². The summed E-state index contributed by atoms with van der Waals surface area (Å²) in [5.41, 5.74) is 2.65. The van der Waals surface area contributed by atoms with Crippen LogP contribution >= 0.6 is 0 Å². The Balaban J connectivity index is 2.03. The fourth-order valence-corrected chi connectivity index (χ4v) is 2.48. The second kappa shape index (κ2) is 5.24. The van der Waals surface area contributed by atoms with Crippen LogP contribution < -0.4 is 5.32 Å². The summed E-state index contributed by atoms with van der Waals surface area (Å²) in [6.07, 6.45) is 1.03. The molecule has 1 aromatic carbocycles. The monoisotopic (exact) mass is 260 g/mol. The lowest BCUT2D eigenvalue weighted by Gasteiger charge is -2.21. The van der Waals surface area contributed by atoms with Gasteiger partial charge in [-0.1, -0.05) is 32.9 Å². The van der Waals surface area contributed by atoms with Crippen molar-refractivity contribution in [3.63, 3.8) is 0 Å². The van der Waals surface area contributed by atoms with Crippen LogP contribution in [0.25, 0.3) is 0 Å². The molecule has 0 aliphatic carbocycles. The molecule has 1 amide bonds. The highest BCUT2D eigenvalue weighted by Gasteiger charge is 2.24. The van der Waals surface area contributed by atoms with Gasteiger partial charge >= 0.3 is 0 Å². The van der Waals surface area contributed by atoms with Crippen LogP contribution in [-0.2, 0) is 10.2 Å². The van der Waals surface area contributed by atoms with Crippen LogP contribution in [-0.4, -0.2) is 29.9 Å². The van der Waals surface area contributed by atoms with E-state index in [4.69, 9.17) is 0 Å². The molecule has 1 fully saturated rings. The van der Waals surface area contributed by atoms with Gasteiger partial charge in [-0.25, -0.2) is 0 Å². The first kappa shape index (κ1) is 13.9. The second-order valence-electron chi connectivity index (χ2n) is 6.43. The maximum Gasteiger partial charge on any atom is 0.219 e. The lowest BCUT2D eigenvalue weighted by Crippen LogP contribution is -2.29. The summed E-state index contributed by atoms with van der Waals surface area (Å²) in [5.74, 6) is 0.174. The molecule has 1 atom stereocenters. The molecule has 3 heteroatoms. The van der Waals surface area contributed by atoms with E-state index in [1.807, 2.05) is 4.90 Å². The molecule has 1 unspecified atom stereocenters. The van der Waals surface area contributed by atoms with Crippen LogP contribution in [0.3, 0.4) is 0 Å². The van der Waals surface area contributed by atoms with Crippen LogP contribution in [0, 0.1) is 0 Å². The number of amides is 1. The first-order valence-corrected chi connectivity index (χ1v) is 6.99. The van der Waals surface area contributed by atoms with Crippen LogP contribution in [0.2, 0.25) is 0 Å². The van der Waals surface area contributed by atoms with Crippen molar-refractivity contribution in [1.29, 1.82) is 0 Å². The molecule has 104 valence electrons. The van der Waals surface area contributed by atoms with E-state index in [0.717, 1.165) is 25.2 Å². The molecule has 19 heavy (non-hydrogen) atoms. The molecular formula is C16H24N2O. The lowest BCUT2D eigenvalue weighted by atomic mass is 9.87. The number of likely N-dealkylation sites (tertiary alicyclic amines) is 1. The zero-order chi connectivity index (χ0) is 14.0. The number of nitrogens with zero attached hydrogens (tertiary/aromatic N) is 1. The summed E-state index contributed by atoms with van der Waals surface area (Å²) >= 11 is 0. The predicted octanol–water partition coefficient (Wildman–Crippen LogP) is 3.02. The molecule has 0 spiro atoms. The van der Waals surface area contributed by atoms with Crippen molar-refractivity contribution in [3.8, 4) is 0 Å². The van der Waals surface area contributed by atoms with Crippen LogP contribution in [0.4, 0.5) is 5.69 Å². The summed E-state index contributed by atoms with van der Waals surface area (Å²) in [7, 11) is 0. The molecule has 0 aromatic heterocycles. The minimum Gasteiger partial charge on any atom is -0.380 e. The standard InChI is InChI=1S/C16H24N2O/c1-12(19)18-9-8-15(11-18)17-14-7-5-6-13(10-14)16(2,3)4/h5-7,10,15,17H,8-9,11H2,1-4H3. The van der Waals surface area contributed by atoms with Crippen LogP contribution in [0.1, 0.15) is 39.7 Å². The van der Waals surface area contributed by atoms with Gasteiger partial charge in [0.25, 0.3) is 0 Å². The Kier molecular flexibility index (Phi) is 3.83. The molecule has 2 rings (SSSR count). The van der Waals surface area contributed by atoms with Gasteiger partial charge in [-0.05, 0) is 29.5 Å². The van der Waals surface area contributed by atoms with Gasteiger partial charge in [0.1, 0.15) is 0 Å². The molecule has 1 aliphatic rings. The minimum atomic E-state index is 0.165. The topological polar surface area (TPSA) is 32.3 Å². The summed E-state index contributed by atoms with van der Waals surface area (Å²) < 4.78 is 0. The van der Waals surface area contributed by atoms with E-state index < -0.39 is 0 Å². The van der Waals surface area contributed by atoms with Crippen molar-refractivity contribution in [2.24, 2.45) is 0 Å². The van der Waals surface area contributed by atoms with Gasteiger partial charge in [0.05, 0.1) is 0 Å². The van der Waals surface area contributed by atoms with E-state index >= 15 is 0 Å². The molecule has 1 N–H and O–H groups in total. The molecule has 1 aliphatic heterocycles. The molecule has 1 heterocycles. The van der Waals surface area contributed by atoms with E-state index in [9.17, 15) is 4.79 Å². The van der Waals surface area contributed by atoms with E-state index in [1.54, 1.807) is 6.92 Å². The van der Waals surface area contributed by atoms with Crippen molar-refractivity contribution in [1.82, 2.24) is 4.90 Å². The average molecular weight is 260 g/mol. The SMILES string of the molecule is CC(=O)N1CCC(Nc2cccc(C(C)(C)C)c2)C1. The predicted molar refractivity (Wildman–Crippen MR) is 79.4 cm³/mol. The average Bonchev–Trinajstić information content (AvgIpc) is 2.77. The maximum absolute atomic E-state index is 11.3. The van der Waals surface area contributed by atoms with Gasteiger partial charge in [0.2, 0.25) is 5.91 Å². The van der Waals surface area contributed by atoms with Crippen molar-refractivity contribution >= 4 is 11.6 Å². The smallest absolute Gasteiger partial charge is 0.219 e. The van der Waals surface area contributed by atoms with Gasteiger partial charge in [-0.15, -0.1) is 0 Å². The Morgan fingerprint density at radius 1 is 1.37 bits per heavy atom. The Bertz CT molecular complexity index is 462. The molecule has 0 bridgehead atoms. The lowest BCUT2D eigenvalue weighted by molar-refractivity contribution is -0.127. The van der Waals surface area contributed by atoms with Crippen LogP contribution in [0.15, 0.2) is 24.3 Å². The number of hydrogen-bond donors (Lipinski definition) is 1. The van der Waals surface area contributed by atoms with E-state index in [0.29, 0.717) is 6.04 Å². The van der Waals surface area contributed by atoms with Gasteiger partial charge in [0, 0.05) is 31.7 Å². The third-order valence-electron chi connectivity index (χ3n) is 3.73. The third-order valence-corrected chi connectivity index (χ3v) is 3.73. The Labute approximate surface area is 116 Å². The first-order chi connectivity index (χ1) is 8.86. The van der Waals surface area contributed by atoms with E-state index in [-0.39, 0.29) is 11.3 Å². The van der Waals surface area contributed by atoms with Crippen molar-refractivity contribution in [2.45, 2.75) is 45.6 Å². The number of carbonyl (C=O) groups is 1. The summed E-state index contributed by atoms with van der Waals surface area (Å²) in [6.45, 7) is 9.99. The third kappa shape index (κ3) is 3.49. The first-order valence-electron chi connectivity index (χ1n) is 6.99. The van der Waals surface area contributed by atoms with Crippen LogP contribution in [0.5, 0.6) is 0 Å². The summed E-state index contributed by atoms with van der Waals surface area (Å²) in [4.78, 5) is 13.2. The summed E-state index contributed by atoms with van der Waals surface area (Å²) in [6, 6.07) is 8.96. The van der Waals surface area contributed by atoms with Gasteiger partial charge in [-0.2, -0.15) is 0 Å². The summed E-state index contributed by atoms with van der Waals surface area (Å²) in [5, 5.41) is 3.54. The normalized spacial score (nSPS) is 19.6. The highest BCUT2D eigenvalue weighted by atomic mass is 16.2. The zero-order valence-electron chi connectivity index (χ0n) is 12.4. The fourth-order valence-electron chi connectivity index (χ4n) is 2.48. The van der Waals surface area contributed by atoms with E-state index in [1.165, 1.54) is 5.56 Å². The molecule has 3 nitrogen and oxygen atoms in total. The number of benzene rings is 1. The van der Waals surface area contributed by atoms with E-state index in [2.05, 4.69) is 50.4 Å². The Morgan fingerprint density at radius 3 is 2.68 bits per heavy atom. The second-order valence-corrected chi connectivity index (χ2v) is 6.43. The molecule has 0 saturated carbocycles. The number of carbonyl (C=O) groups excluding carboxylic acids is 1. The highest BCUT2D eigenvalue weighted by molar-refractivity contribution is 5.73. The molecule has 1 aromatic rings. The number of rotatable bonds is 2. The van der Waals surface area contributed by atoms with Crippen molar-refractivity contribution in [3.05, 3.63) is 29.8 Å². The zero-order valence-corrected chi connectivity index (χ0v) is 12.4. The molecule has 0 radical (unpaired) electrons. The quantitative estimate of drug-likeness (QED) is 0.886. The van der Waals surface area contributed by atoms with Crippen molar-refractivity contribution in [2.75, 3.05) is 18.4 Å². The molecular weight excluding hydrogens is 236 g/mol. The number of nitrogens with one attached hydrogen (secondary N) is 1. The van der Waals surface area contributed by atoms with Gasteiger partial charge < -0.3 is 10.2 Å². The Hall–Kier alpha value is -1.51. The number of anilines is 1. The molecule has 1 saturated heterocycles.